The fourth-order valence-electron chi connectivity index (χ4n) is 1.38. The van der Waals surface area contributed by atoms with Crippen molar-refractivity contribution in [3.8, 4) is 11.4 Å². The highest BCUT2D eigenvalue weighted by Crippen LogP contribution is 2.05. The molecule has 1 N–H and O–H groups in total. The Morgan fingerprint density at radius 2 is 1.88 bits per heavy atom. The fourth-order valence-corrected chi connectivity index (χ4v) is 1.38. The summed E-state index contributed by atoms with van der Waals surface area (Å²) >= 11 is 0. The highest BCUT2D eigenvalue weighted by Gasteiger charge is 2.05. The number of rotatable bonds is 2. The number of H-pyrrole nitrogens is 1. The molecule has 1 aromatic carbocycles. The molecular weight excluding hydrogens is 208 g/mol. The zero-order valence-electron chi connectivity index (χ0n) is 8.64. The first-order valence-electron chi connectivity index (χ1n) is 4.68. The van der Waals surface area contributed by atoms with Crippen molar-refractivity contribution in [3.63, 3.8) is 0 Å². The third-order valence-corrected chi connectivity index (χ3v) is 2.16. The quantitative estimate of drug-likeness (QED) is 0.799. The van der Waals surface area contributed by atoms with Gasteiger partial charge in [-0.25, -0.2) is 4.79 Å². The van der Waals surface area contributed by atoms with E-state index >= 15 is 0 Å². The van der Waals surface area contributed by atoms with Gasteiger partial charge >= 0.3 is 5.69 Å². The molecule has 0 atom stereocenters. The molecule has 2 aromatic rings. The molecule has 16 heavy (non-hydrogen) atoms. The minimum atomic E-state index is -0.528. The molecule has 0 unspecified atom stereocenters. The maximum atomic E-state index is 11.6. The Hall–Kier alpha value is -2.30. The van der Waals surface area contributed by atoms with Crippen LogP contribution in [-0.4, -0.2) is 16.7 Å². The molecule has 1 heterocycles. The van der Waals surface area contributed by atoms with Gasteiger partial charge in [-0.3, -0.25) is 14.3 Å². The van der Waals surface area contributed by atoms with Crippen LogP contribution in [0.5, 0.6) is 5.75 Å². The second kappa shape index (κ2) is 4.06. The Morgan fingerprint density at radius 3 is 2.50 bits per heavy atom. The number of nitrogens with one attached hydrogen (secondary N) is 1. The highest BCUT2D eigenvalue weighted by atomic mass is 16.5. The van der Waals surface area contributed by atoms with Gasteiger partial charge in [0.25, 0.3) is 5.56 Å². The largest absolute Gasteiger partial charge is 0.490 e. The summed E-state index contributed by atoms with van der Waals surface area (Å²) in [5.74, 6) is 0.100. The van der Waals surface area contributed by atoms with Crippen molar-refractivity contribution in [2.24, 2.45) is 0 Å². The molecule has 5 nitrogen and oxygen atoms in total. The first kappa shape index (κ1) is 10.2. The molecule has 5 heteroatoms. The Balaban J connectivity index is 2.67. The Kier molecular flexibility index (Phi) is 2.59. The molecule has 0 aliphatic carbocycles. The summed E-state index contributed by atoms with van der Waals surface area (Å²) in [6, 6.07) is 8.98. The number of aromatic amines is 1. The second-order valence-electron chi connectivity index (χ2n) is 3.16. The molecule has 0 aliphatic heterocycles. The lowest BCUT2D eigenvalue weighted by molar-refractivity contribution is 0.403. The summed E-state index contributed by atoms with van der Waals surface area (Å²) in [5, 5.41) is 0. The van der Waals surface area contributed by atoms with Gasteiger partial charge < -0.3 is 4.74 Å². The molecule has 0 saturated carbocycles. The average Bonchev–Trinajstić information content (AvgIpc) is 2.30. The van der Waals surface area contributed by atoms with Crippen LogP contribution in [0.15, 0.2) is 46.1 Å². The van der Waals surface area contributed by atoms with Crippen molar-refractivity contribution in [1.82, 2.24) is 9.55 Å². The van der Waals surface area contributed by atoms with Crippen molar-refractivity contribution in [2.45, 2.75) is 0 Å². The van der Waals surface area contributed by atoms with Gasteiger partial charge in [-0.15, -0.1) is 0 Å². The summed E-state index contributed by atoms with van der Waals surface area (Å²) in [4.78, 5) is 25.0. The van der Waals surface area contributed by atoms with Crippen LogP contribution in [0.3, 0.4) is 0 Å². The van der Waals surface area contributed by atoms with Gasteiger partial charge in [0, 0.05) is 0 Å². The molecule has 0 radical (unpaired) electrons. The van der Waals surface area contributed by atoms with E-state index < -0.39 is 11.2 Å². The molecule has 0 fully saturated rings. The lowest BCUT2D eigenvalue weighted by atomic mass is 10.3. The van der Waals surface area contributed by atoms with Crippen LogP contribution < -0.4 is 16.0 Å². The normalized spacial score (nSPS) is 10.1. The number of hydrogen-bond acceptors (Lipinski definition) is 3. The highest BCUT2D eigenvalue weighted by molar-refractivity contribution is 5.32. The predicted octanol–water partition coefficient (Wildman–Crippen LogP) is 0.534. The number of para-hydroxylation sites is 1. The first-order valence-corrected chi connectivity index (χ1v) is 4.68. The van der Waals surface area contributed by atoms with E-state index in [-0.39, 0.29) is 5.75 Å². The van der Waals surface area contributed by atoms with E-state index in [1.54, 1.807) is 24.3 Å². The Bertz CT molecular complexity index is 599. The summed E-state index contributed by atoms with van der Waals surface area (Å²) in [6.45, 7) is 0. The van der Waals surface area contributed by atoms with Gasteiger partial charge in [0.05, 0.1) is 19.0 Å². The fraction of sp³-hybridized carbons (Fsp3) is 0.0909. The number of benzene rings is 1. The third-order valence-electron chi connectivity index (χ3n) is 2.16. The third kappa shape index (κ3) is 1.75. The maximum Gasteiger partial charge on any atom is 0.333 e. The van der Waals surface area contributed by atoms with Gasteiger partial charge in [0.15, 0.2) is 0 Å². The predicted molar refractivity (Wildman–Crippen MR) is 59.2 cm³/mol. The maximum absolute atomic E-state index is 11.6. The number of hydrogen-bond donors (Lipinski definition) is 1. The van der Waals surface area contributed by atoms with Crippen LogP contribution >= 0.6 is 0 Å². The van der Waals surface area contributed by atoms with E-state index in [1.807, 2.05) is 6.07 Å². The minimum Gasteiger partial charge on any atom is -0.490 e. The van der Waals surface area contributed by atoms with E-state index in [2.05, 4.69) is 4.98 Å². The van der Waals surface area contributed by atoms with E-state index in [1.165, 1.54) is 17.9 Å². The van der Waals surface area contributed by atoms with Crippen molar-refractivity contribution in [2.75, 3.05) is 7.11 Å². The average molecular weight is 218 g/mol. The van der Waals surface area contributed by atoms with Crippen LogP contribution in [0.1, 0.15) is 0 Å². The number of nitrogens with zero attached hydrogens (tertiary/aromatic N) is 1. The van der Waals surface area contributed by atoms with Crippen molar-refractivity contribution in [1.29, 1.82) is 0 Å². The number of aromatic nitrogens is 2. The van der Waals surface area contributed by atoms with Crippen molar-refractivity contribution < 1.29 is 4.74 Å². The van der Waals surface area contributed by atoms with Gasteiger partial charge in [0.1, 0.15) is 0 Å². The molecule has 0 saturated heterocycles. The number of ether oxygens (including phenoxy) is 1. The van der Waals surface area contributed by atoms with E-state index in [0.717, 1.165) is 0 Å². The monoisotopic (exact) mass is 218 g/mol. The van der Waals surface area contributed by atoms with Crippen molar-refractivity contribution in [3.05, 3.63) is 57.4 Å². The SMILES string of the molecule is COc1cn(-c2ccccc2)c(=O)[nH]c1=O. The van der Waals surface area contributed by atoms with E-state index in [0.29, 0.717) is 5.69 Å². The number of methoxy groups -OCH3 is 1. The summed E-state index contributed by atoms with van der Waals surface area (Å²) in [6.07, 6.45) is 1.37. The lowest BCUT2D eigenvalue weighted by Crippen LogP contribution is -2.28. The van der Waals surface area contributed by atoms with E-state index in [9.17, 15) is 9.59 Å². The van der Waals surface area contributed by atoms with Crippen LogP contribution in [0.4, 0.5) is 0 Å². The van der Waals surface area contributed by atoms with Crippen LogP contribution in [0.25, 0.3) is 5.69 Å². The molecular formula is C11H10N2O3. The Morgan fingerprint density at radius 1 is 1.19 bits per heavy atom. The van der Waals surface area contributed by atoms with Crippen molar-refractivity contribution >= 4 is 0 Å². The summed E-state index contributed by atoms with van der Waals surface area (Å²) in [5.41, 5.74) is -0.348. The standard InChI is InChI=1S/C11H10N2O3/c1-16-9-7-13(11(15)12-10(9)14)8-5-3-2-4-6-8/h2-7H,1H3,(H,12,14,15). The second-order valence-corrected chi connectivity index (χ2v) is 3.16. The van der Waals surface area contributed by atoms with Gasteiger partial charge in [-0.2, -0.15) is 0 Å². The van der Waals surface area contributed by atoms with Crippen LogP contribution in [0, 0.1) is 0 Å². The zero-order chi connectivity index (χ0) is 11.5. The molecule has 0 amide bonds. The van der Waals surface area contributed by atoms with Gasteiger partial charge in [-0.1, -0.05) is 18.2 Å². The smallest absolute Gasteiger partial charge is 0.333 e. The van der Waals surface area contributed by atoms with E-state index in [4.69, 9.17) is 4.74 Å². The van der Waals surface area contributed by atoms with Crippen LogP contribution in [-0.2, 0) is 0 Å². The first-order chi connectivity index (χ1) is 7.72. The zero-order valence-corrected chi connectivity index (χ0v) is 8.64. The molecule has 0 aliphatic rings. The lowest BCUT2D eigenvalue weighted by Gasteiger charge is -2.06. The molecule has 2 rings (SSSR count). The molecule has 0 spiro atoms. The molecule has 1 aromatic heterocycles. The Labute approximate surface area is 90.9 Å². The van der Waals surface area contributed by atoms with Crippen LogP contribution in [0.2, 0.25) is 0 Å². The van der Waals surface area contributed by atoms with Gasteiger partial charge in [-0.05, 0) is 12.1 Å². The topological polar surface area (TPSA) is 64.1 Å². The van der Waals surface area contributed by atoms with Gasteiger partial charge in [0.2, 0.25) is 5.75 Å². The summed E-state index contributed by atoms with van der Waals surface area (Å²) in [7, 11) is 1.38. The summed E-state index contributed by atoms with van der Waals surface area (Å²) < 4.78 is 6.18. The minimum absolute atomic E-state index is 0.100. The molecule has 0 bridgehead atoms. The molecule has 82 valence electrons.